The second-order valence-electron chi connectivity index (χ2n) is 10.5. The SMILES string of the molecule is N=C1C=CC=C/C1=C(/C=C/n1c2ccccc2c2c3oc4ccccc4c3ccc21)c1ccc(-c2ccccc2)cc1. The van der Waals surface area contributed by atoms with Gasteiger partial charge in [-0.05, 0) is 58.7 Å². The first-order chi connectivity index (χ1) is 20.8. The summed E-state index contributed by atoms with van der Waals surface area (Å²) in [4.78, 5) is 0. The Morgan fingerprint density at radius 3 is 2.17 bits per heavy atom. The predicted octanol–water partition coefficient (Wildman–Crippen LogP) is 10.4. The van der Waals surface area contributed by atoms with Crippen molar-refractivity contribution in [2.75, 3.05) is 0 Å². The number of nitrogens with zero attached hydrogens (tertiary/aromatic N) is 1. The van der Waals surface area contributed by atoms with Gasteiger partial charge >= 0.3 is 0 Å². The van der Waals surface area contributed by atoms with E-state index in [1.165, 1.54) is 11.1 Å². The molecule has 0 spiro atoms. The van der Waals surface area contributed by atoms with Crippen LogP contribution in [0.4, 0.5) is 0 Å². The van der Waals surface area contributed by atoms with E-state index >= 15 is 0 Å². The Kier molecular flexibility index (Phi) is 5.61. The predicted molar refractivity (Wildman–Crippen MR) is 177 cm³/mol. The van der Waals surface area contributed by atoms with Gasteiger partial charge in [0.05, 0.1) is 22.1 Å². The van der Waals surface area contributed by atoms with E-state index in [1.807, 2.05) is 42.5 Å². The summed E-state index contributed by atoms with van der Waals surface area (Å²) >= 11 is 0. The lowest BCUT2D eigenvalue weighted by atomic mass is 9.93. The van der Waals surface area contributed by atoms with Crippen molar-refractivity contribution in [2.45, 2.75) is 0 Å². The van der Waals surface area contributed by atoms with Gasteiger partial charge in [0.15, 0.2) is 0 Å². The summed E-state index contributed by atoms with van der Waals surface area (Å²) in [5.74, 6) is 0. The molecule has 7 aromatic rings. The molecule has 3 heteroatoms. The van der Waals surface area contributed by atoms with Crippen LogP contribution in [0.1, 0.15) is 5.56 Å². The number of para-hydroxylation sites is 2. The van der Waals surface area contributed by atoms with Crippen molar-refractivity contribution in [2.24, 2.45) is 0 Å². The van der Waals surface area contributed by atoms with Gasteiger partial charge in [0.25, 0.3) is 0 Å². The van der Waals surface area contributed by atoms with E-state index in [9.17, 15) is 0 Å². The monoisotopic (exact) mass is 538 g/mol. The van der Waals surface area contributed by atoms with Gasteiger partial charge in [-0.3, -0.25) is 0 Å². The molecule has 198 valence electrons. The van der Waals surface area contributed by atoms with Crippen LogP contribution in [0.25, 0.3) is 66.6 Å². The maximum atomic E-state index is 8.71. The van der Waals surface area contributed by atoms with Crippen LogP contribution in [0.15, 0.2) is 156 Å². The smallest absolute Gasteiger partial charge is 0.145 e. The molecule has 0 amide bonds. The average molecular weight is 539 g/mol. The second-order valence-corrected chi connectivity index (χ2v) is 10.5. The van der Waals surface area contributed by atoms with Crippen LogP contribution in [-0.2, 0) is 0 Å². The molecular weight excluding hydrogens is 512 g/mol. The van der Waals surface area contributed by atoms with E-state index in [0.29, 0.717) is 5.71 Å². The van der Waals surface area contributed by atoms with Gasteiger partial charge in [-0.15, -0.1) is 0 Å². The summed E-state index contributed by atoms with van der Waals surface area (Å²) in [5, 5.41) is 13.2. The summed E-state index contributed by atoms with van der Waals surface area (Å²) < 4.78 is 8.69. The molecule has 0 unspecified atom stereocenters. The Morgan fingerprint density at radius 2 is 1.33 bits per heavy atom. The minimum absolute atomic E-state index is 0.496. The molecule has 3 nitrogen and oxygen atoms in total. The average Bonchev–Trinajstić information content (AvgIpc) is 3.58. The Hall–Kier alpha value is -5.67. The highest BCUT2D eigenvalue weighted by molar-refractivity contribution is 6.24. The molecule has 0 bridgehead atoms. The lowest BCUT2D eigenvalue weighted by Gasteiger charge is -2.13. The zero-order valence-electron chi connectivity index (χ0n) is 22.8. The zero-order chi connectivity index (χ0) is 28.0. The van der Waals surface area contributed by atoms with Crippen molar-refractivity contribution in [3.05, 3.63) is 157 Å². The van der Waals surface area contributed by atoms with Gasteiger partial charge in [0.1, 0.15) is 11.2 Å². The highest BCUT2D eigenvalue weighted by atomic mass is 16.3. The van der Waals surface area contributed by atoms with Crippen LogP contribution < -0.4 is 0 Å². The van der Waals surface area contributed by atoms with Crippen molar-refractivity contribution in [3.8, 4) is 11.1 Å². The number of furan rings is 1. The largest absolute Gasteiger partial charge is 0.455 e. The van der Waals surface area contributed by atoms with E-state index in [1.54, 1.807) is 0 Å². The van der Waals surface area contributed by atoms with Gasteiger partial charge in [-0.25, -0.2) is 0 Å². The topological polar surface area (TPSA) is 41.9 Å². The molecule has 8 rings (SSSR count). The van der Waals surface area contributed by atoms with Crippen LogP contribution in [0.3, 0.4) is 0 Å². The van der Waals surface area contributed by atoms with Crippen molar-refractivity contribution >= 4 is 61.2 Å². The Bertz CT molecular complexity index is 2290. The fourth-order valence-corrected chi connectivity index (χ4v) is 6.11. The second kappa shape index (κ2) is 9.76. The first-order valence-corrected chi connectivity index (χ1v) is 14.1. The van der Waals surface area contributed by atoms with Crippen molar-refractivity contribution in [3.63, 3.8) is 0 Å². The number of hydrogen-bond acceptors (Lipinski definition) is 2. The molecule has 5 aromatic carbocycles. The van der Waals surface area contributed by atoms with E-state index < -0.39 is 0 Å². The molecular formula is C39H26N2O. The van der Waals surface area contributed by atoms with E-state index in [2.05, 4.69) is 114 Å². The van der Waals surface area contributed by atoms with E-state index in [-0.39, 0.29) is 0 Å². The number of benzene rings is 5. The maximum Gasteiger partial charge on any atom is 0.145 e. The van der Waals surface area contributed by atoms with Crippen molar-refractivity contribution in [1.82, 2.24) is 4.57 Å². The first-order valence-electron chi connectivity index (χ1n) is 14.1. The Morgan fingerprint density at radius 1 is 0.619 bits per heavy atom. The molecule has 2 heterocycles. The molecule has 0 radical (unpaired) electrons. The molecule has 0 atom stereocenters. The number of nitrogens with one attached hydrogen (secondary N) is 1. The molecule has 1 N–H and O–H groups in total. The van der Waals surface area contributed by atoms with Crippen LogP contribution >= 0.6 is 0 Å². The summed E-state index contributed by atoms with van der Waals surface area (Å²) in [6, 6.07) is 40.1. The Labute approximate surface area is 243 Å². The zero-order valence-corrected chi connectivity index (χ0v) is 22.8. The quantitative estimate of drug-likeness (QED) is 0.238. The fraction of sp³-hybridized carbons (Fsp3) is 0. The third-order valence-electron chi connectivity index (χ3n) is 8.13. The summed E-state index contributed by atoms with van der Waals surface area (Å²) in [6.07, 6.45) is 12.1. The minimum Gasteiger partial charge on any atom is -0.455 e. The highest BCUT2D eigenvalue weighted by Crippen LogP contribution is 2.39. The van der Waals surface area contributed by atoms with E-state index in [4.69, 9.17) is 9.83 Å². The lowest BCUT2D eigenvalue weighted by molar-refractivity contribution is 0.673. The number of rotatable bonds is 4. The third-order valence-corrected chi connectivity index (χ3v) is 8.13. The van der Waals surface area contributed by atoms with Gasteiger partial charge in [0.2, 0.25) is 0 Å². The maximum absolute atomic E-state index is 8.71. The Balaban J connectivity index is 1.32. The molecule has 0 aliphatic heterocycles. The van der Waals surface area contributed by atoms with E-state index in [0.717, 1.165) is 60.5 Å². The molecule has 2 aromatic heterocycles. The molecule has 0 saturated carbocycles. The van der Waals surface area contributed by atoms with Crippen LogP contribution in [0.5, 0.6) is 0 Å². The summed E-state index contributed by atoms with van der Waals surface area (Å²) in [5.41, 5.74) is 9.79. The van der Waals surface area contributed by atoms with Crippen LogP contribution in [-0.4, -0.2) is 10.3 Å². The fourth-order valence-electron chi connectivity index (χ4n) is 6.11. The van der Waals surface area contributed by atoms with Crippen molar-refractivity contribution in [1.29, 1.82) is 5.41 Å². The van der Waals surface area contributed by atoms with Gasteiger partial charge < -0.3 is 14.4 Å². The van der Waals surface area contributed by atoms with Crippen molar-refractivity contribution < 1.29 is 4.42 Å². The summed E-state index contributed by atoms with van der Waals surface area (Å²) in [7, 11) is 0. The third kappa shape index (κ3) is 3.87. The highest BCUT2D eigenvalue weighted by Gasteiger charge is 2.17. The normalized spacial score (nSPS) is 14.7. The minimum atomic E-state index is 0.496. The molecule has 0 saturated heterocycles. The first kappa shape index (κ1) is 24.2. The standard InChI is InChI=1S/C39H26N2O/c40-34-15-7-4-12-30(34)29(28-20-18-27(19-21-28)26-10-2-1-3-11-26)24-25-41-35-16-8-5-14-33(35)38-36(41)23-22-32-31-13-6-9-17-37(31)42-39(32)38/h1-25,40H/b25-24+,30-29+,40-34?. The molecule has 1 aliphatic carbocycles. The van der Waals surface area contributed by atoms with Crippen LogP contribution in [0, 0.1) is 5.41 Å². The number of fused-ring (bicyclic) bond motifs is 7. The van der Waals surface area contributed by atoms with Gasteiger partial charge in [-0.2, -0.15) is 0 Å². The van der Waals surface area contributed by atoms with Crippen LogP contribution in [0.2, 0.25) is 0 Å². The number of hydrogen-bond donors (Lipinski definition) is 1. The number of aromatic nitrogens is 1. The summed E-state index contributed by atoms with van der Waals surface area (Å²) in [6.45, 7) is 0. The van der Waals surface area contributed by atoms with Gasteiger partial charge in [0, 0.05) is 27.9 Å². The lowest BCUT2D eigenvalue weighted by Crippen LogP contribution is -2.01. The van der Waals surface area contributed by atoms with Gasteiger partial charge in [-0.1, -0.05) is 109 Å². The molecule has 0 fully saturated rings. The molecule has 42 heavy (non-hydrogen) atoms. The number of allylic oxidation sites excluding steroid dienone is 7. The molecule has 1 aliphatic rings.